The van der Waals surface area contributed by atoms with Crippen LogP contribution < -0.4 is 20.1 Å². The molecule has 36 heavy (non-hydrogen) atoms. The van der Waals surface area contributed by atoms with E-state index in [1.54, 1.807) is 13.3 Å². The largest absolute Gasteiger partial charge is 0.378 e. The zero-order valence-corrected chi connectivity index (χ0v) is 20.9. The van der Waals surface area contributed by atoms with Gasteiger partial charge in [-0.25, -0.2) is 4.98 Å². The normalized spacial score (nSPS) is 13.8. The second-order valence-corrected chi connectivity index (χ2v) is 9.40. The number of hydrogen-bond acceptors (Lipinski definition) is 6. The van der Waals surface area contributed by atoms with E-state index in [0.29, 0.717) is 24.1 Å². The number of rotatable bonds is 7. The van der Waals surface area contributed by atoms with E-state index < -0.39 is 0 Å². The highest BCUT2D eigenvalue weighted by molar-refractivity contribution is 5.93. The van der Waals surface area contributed by atoms with Crippen molar-refractivity contribution in [3.8, 4) is 11.3 Å². The van der Waals surface area contributed by atoms with Crippen molar-refractivity contribution in [2.24, 2.45) is 5.92 Å². The van der Waals surface area contributed by atoms with E-state index in [4.69, 9.17) is 9.72 Å². The summed E-state index contributed by atoms with van der Waals surface area (Å²) in [6.45, 7) is 9.78. The number of carbonyl (C=O) groups is 1. The van der Waals surface area contributed by atoms with E-state index in [9.17, 15) is 4.79 Å². The Balaban J connectivity index is 1.45. The molecule has 0 bridgehead atoms. The fourth-order valence-electron chi connectivity index (χ4n) is 4.45. The molecule has 1 amide bonds. The number of nitrogens with one attached hydrogen (secondary N) is 3. The summed E-state index contributed by atoms with van der Waals surface area (Å²) in [5.41, 5.74) is 6.08. The van der Waals surface area contributed by atoms with Gasteiger partial charge in [-0.15, -0.1) is 0 Å². The quantitative estimate of drug-likeness (QED) is 0.409. The molecule has 1 saturated heterocycles. The average Bonchev–Trinajstić information content (AvgIpc) is 3.36. The van der Waals surface area contributed by atoms with Crippen molar-refractivity contribution in [1.29, 1.82) is 0 Å². The van der Waals surface area contributed by atoms with Gasteiger partial charge in [0.25, 0.3) is 0 Å². The molecule has 3 N–H and O–H groups in total. The number of nitrogens with zero attached hydrogens (tertiary/aromatic N) is 4. The second-order valence-electron chi connectivity index (χ2n) is 9.40. The van der Waals surface area contributed by atoms with E-state index in [0.717, 1.165) is 54.5 Å². The summed E-state index contributed by atoms with van der Waals surface area (Å²) in [4.78, 5) is 32.4. The van der Waals surface area contributed by atoms with Crippen molar-refractivity contribution < 1.29 is 14.5 Å². The van der Waals surface area contributed by atoms with Gasteiger partial charge < -0.3 is 19.9 Å². The van der Waals surface area contributed by atoms with Crippen LogP contribution in [-0.2, 0) is 9.53 Å². The fourth-order valence-corrected chi connectivity index (χ4v) is 4.45. The number of carbonyl (C=O) groups excluding carboxylic acids is 1. The lowest BCUT2D eigenvalue weighted by Gasteiger charge is -2.28. The molecule has 186 valence electrons. The Bertz CT molecular complexity index is 1340. The van der Waals surface area contributed by atoms with Gasteiger partial charge in [0.2, 0.25) is 5.91 Å². The summed E-state index contributed by atoms with van der Waals surface area (Å²) in [5, 5.41) is 3.34. The summed E-state index contributed by atoms with van der Waals surface area (Å²) >= 11 is 0. The lowest BCUT2D eigenvalue weighted by Crippen LogP contribution is -2.36. The van der Waals surface area contributed by atoms with Crippen LogP contribution in [0.4, 0.5) is 23.0 Å². The lowest BCUT2D eigenvalue weighted by molar-refractivity contribution is -0.347. The molecule has 0 saturated carbocycles. The number of fused-ring (bicyclic) bond motifs is 1. The maximum Gasteiger partial charge on any atom is 0.305 e. The SMILES string of the molecule is CC(=O)N(CC(C)C)c1cccc(-c2nc(Nc3ccc(N4CCOCC4)cc3)nc3[nH+]c[nH]c23)c1. The van der Waals surface area contributed by atoms with E-state index in [1.807, 2.05) is 41.3 Å². The Labute approximate surface area is 210 Å². The van der Waals surface area contributed by atoms with Crippen molar-refractivity contribution in [3.05, 3.63) is 54.9 Å². The third-order valence-electron chi connectivity index (χ3n) is 6.19. The van der Waals surface area contributed by atoms with Gasteiger partial charge in [0.15, 0.2) is 11.8 Å². The van der Waals surface area contributed by atoms with Crippen LogP contribution in [0.5, 0.6) is 0 Å². The molecule has 0 radical (unpaired) electrons. The molecule has 5 rings (SSSR count). The highest BCUT2D eigenvalue weighted by atomic mass is 16.5. The topological polar surface area (TPSA) is 101 Å². The smallest absolute Gasteiger partial charge is 0.305 e. The van der Waals surface area contributed by atoms with Crippen molar-refractivity contribution in [3.63, 3.8) is 0 Å². The summed E-state index contributed by atoms with van der Waals surface area (Å²) < 4.78 is 5.45. The molecule has 1 fully saturated rings. The molecule has 9 heteroatoms. The maximum atomic E-state index is 12.4. The lowest BCUT2D eigenvalue weighted by atomic mass is 10.1. The number of H-pyrrole nitrogens is 2. The van der Waals surface area contributed by atoms with E-state index in [-0.39, 0.29) is 5.91 Å². The minimum Gasteiger partial charge on any atom is -0.378 e. The third kappa shape index (κ3) is 5.16. The highest BCUT2D eigenvalue weighted by Gasteiger charge is 2.20. The van der Waals surface area contributed by atoms with Crippen LogP contribution in [0.1, 0.15) is 20.8 Å². The number of amides is 1. The Morgan fingerprint density at radius 2 is 1.94 bits per heavy atom. The highest BCUT2D eigenvalue weighted by Crippen LogP contribution is 2.29. The van der Waals surface area contributed by atoms with Crippen LogP contribution in [0.3, 0.4) is 0 Å². The van der Waals surface area contributed by atoms with Crippen LogP contribution in [-0.4, -0.2) is 53.7 Å². The Kier molecular flexibility index (Phi) is 6.81. The number of morpholine rings is 1. The molecule has 0 spiro atoms. The van der Waals surface area contributed by atoms with Gasteiger partial charge in [-0.3, -0.25) is 9.78 Å². The second kappa shape index (κ2) is 10.3. The molecule has 3 heterocycles. The molecule has 1 aliphatic heterocycles. The third-order valence-corrected chi connectivity index (χ3v) is 6.19. The van der Waals surface area contributed by atoms with E-state index in [1.165, 1.54) is 5.69 Å². The number of aromatic nitrogens is 4. The Morgan fingerprint density at radius 1 is 1.17 bits per heavy atom. The average molecular weight is 487 g/mol. The Morgan fingerprint density at radius 3 is 2.67 bits per heavy atom. The van der Waals surface area contributed by atoms with Crippen molar-refractivity contribution >= 4 is 40.1 Å². The molecule has 9 nitrogen and oxygen atoms in total. The molecule has 2 aromatic heterocycles. The predicted octanol–water partition coefficient (Wildman–Crippen LogP) is 4.03. The van der Waals surface area contributed by atoms with Gasteiger partial charge in [-0.2, -0.15) is 4.98 Å². The standard InChI is InChI=1S/C27H31N7O2/c1-18(2)16-34(19(3)35)23-6-4-5-20(15-23)24-25-26(29-17-28-25)32-27(31-24)30-21-7-9-22(10-8-21)33-11-13-36-14-12-33/h4-10,15,17-18H,11-14,16H2,1-3H3,(H2,28,29,30,31,32)/p+1. The van der Waals surface area contributed by atoms with Crippen molar-refractivity contribution in [2.45, 2.75) is 20.8 Å². The van der Waals surface area contributed by atoms with Gasteiger partial charge in [0, 0.05) is 49.2 Å². The Hall–Kier alpha value is -3.98. The van der Waals surface area contributed by atoms with Crippen molar-refractivity contribution in [2.75, 3.05) is 48.0 Å². The minimum atomic E-state index is 0.0183. The van der Waals surface area contributed by atoms with Crippen LogP contribution in [0.25, 0.3) is 22.4 Å². The van der Waals surface area contributed by atoms with Crippen LogP contribution in [0.15, 0.2) is 54.9 Å². The van der Waals surface area contributed by atoms with Crippen LogP contribution in [0.2, 0.25) is 0 Å². The molecule has 1 aliphatic rings. The van der Waals surface area contributed by atoms with Gasteiger partial charge in [-0.05, 0) is 42.3 Å². The fraction of sp³-hybridized carbons (Fsp3) is 0.333. The molecule has 0 unspecified atom stereocenters. The van der Waals surface area contributed by atoms with Crippen molar-refractivity contribution in [1.82, 2.24) is 15.0 Å². The first kappa shape index (κ1) is 23.7. The first-order valence-corrected chi connectivity index (χ1v) is 12.3. The monoisotopic (exact) mass is 486 g/mol. The maximum absolute atomic E-state index is 12.4. The molecular weight excluding hydrogens is 454 g/mol. The summed E-state index contributed by atoms with van der Waals surface area (Å²) in [7, 11) is 0. The van der Waals surface area contributed by atoms with Gasteiger partial charge >= 0.3 is 11.6 Å². The number of aromatic amines is 2. The van der Waals surface area contributed by atoms with E-state index in [2.05, 4.69) is 51.1 Å². The number of anilines is 4. The van der Waals surface area contributed by atoms with Crippen LogP contribution in [0, 0.1) is 5.92 Å². The summed E-state index contributed by atoms with van der Waals surface area (Å²) in [5.74, 6) is 0.861. The van der Waals surface area contributed by atoms with E-state index >= 15 is 0 Å². The molecule has 0 aliphatic carbocycles. The number of imidazole rings is 1. The minimum absolute atomic E-state index is 0.0183. The molecule has 0 atom stereocenters. The molecule has 4 aromatic rings. The van der Waals surface area contributed by atoms with Gasteiger partial charge in [0.05, 0.1) is 13.2 Å². The molecule has 2 aromatic carbocycles. The first-order valence-electron chi connectivity index (χ1n) is 12.3. The molecular formula is C27H32N7O2+. The van der Waals surface area contributed by atoms with Gasteiger partial charge in [-0.1, -0.05) is 31.0 Å². The number of hydrogen-bond donors (Lipinski definition) is 2. The first-order chi connectivity index (χ1) is 17.5. The number of benzene rings is 2. The summed E-state index contributed by atoms with van der Waals surface area (Å²) in [6.07, 6.45) is 1.74. The summed E-state index contributed by atoms with van der Waals surface area (Å²) in [6, 6.07) is 16.2. The zero-order valence-electron chi connectivity index (χ0n) is 20.9. The van der Waals surface area contributed by atoms with Crippen LogP contribution >= 0.6 is 0 Å². The van der Waals surface area contributed by atoms with Gasteiger partial charge in [0.1, 0.15) is 5.69 Å². The zero-order chi connectivity index (χ0) is 25.1. The number of ether oxygens (including phenoxy) is 1. The predicted molar refractivity (Wildman–Crippen MR) is 142 cm³/mol.